The Balaban J connectivity index is 1.81. The second-order valence-corrected chi connectivity index (χ2v) is 10.5. The maximum atomic E-state index is 13.8. The third kappa shape index (κ3) is 4.28. The smallest absolute Gasteiger partial charge is 0.255 e. The largest absolute Gasteiger partial charge is 0.508 e. The van der Waals surface area contributed by atoms with Crippen molar-refractivity contribution in [3.63, 3.8) is 0 Å². The summed E-state index contributed by atoms with van der Waals surface area (Å²) in [7, 11) is 3.09. The minimum Gasteiger partial charge on any atom is -0.508 e. The molecule has 1 fully saturated rings. The van der Waals surface area contributed by atoms with E-state index in [1.165, 1.54) is 11.0 Å². The van der Waals surface area contributed by atoms with Crippen LogP contribution in [-0.4, -0.2) is 99.0 Å². The summed E-state index contributed by atoms with van der Waals surface area (Å²) >= 11 is 0. The lowest BCUT2D eigenvalue weighted by molar-refractivity contribution is -0.153. The minimum atomic E-state index is -2.70. The average molecular weight is 543 g/mol. The monoisotopic (exact) mass is 542 g/mol. The normalized spacial score (nSPS) is 26.5. The van der Waals surface area contributed by atoms with Crippen LogP contribution in [0.5, 0.6) is 5.75 Å². The van der Waals surface area contributed by atoms with Gasteiger partial charge in [-0.1, -0.05) is 19.9 Å². The number of phenols is 1. The fourth-order valence-corrected chi connectivity index (χ4v) is 6.16. The summed E-state index contributed by atoms with van der Waals surface area (Å²) in [6, 6.07) is 1.99. The molecule has 210 valence electrons. The molecule has 39 heavy (non-hydrogen) atoms. The van der Waals surface area contributed by atoms with Crippen molar-refractivity contribution in [1.82, 2.24) is 9.80 Å². The molecule has 1 saturated carbocycles. The highest BCUT2D eigenvalue weighted by Crippen LogP contribution is 2.53. The first-order chi connectivity index (χ1) is 18.3. The van der Waals surface area contributed by atoms with E-state index < -0.39 is 63.8 Å². The predicted molar refractivity (Wildman–Crippen MR) is 141 cm³/mol. The van der Waals surface area contributed by atoms with E-state index in [0.717, 1.165) is 0 Å². The molecule has 4 unspecified atom stereocenters. The molecule has 0 heterocycles. The molecule has 1 aromatic carbocycles. The lowest BCUT2D eigenvalue weighted by atomic mass is 9.57. The Kier molecular flexibility index (Phi) is 7.32. The highest BCUT2D eigenvalue weighted by atomic mass is 16.3. The van der Waals surface area contributed by atoms with Gasteiger partial charge in [-0.3, -0.25) is 29.0 Å². The molecule has 7 N–H and O–H groups in total. The molecular weight excluding hydrogens is 508 g/mol. The van der Waals surface area contributed by atoms with Crippen molar-refractivity contribution in [3.8, 4) is 5.75 Å². The zero-order valence-electron chi connectivity index (χ0n) is 22.3. The number of Topliss-reactive ketones (excluding diaryl/α,β-unsaturated/α-hetero) is 2. The topological polar surface area (TPSA) is 194 Å². The lowest BCUT2D eigenvalue weighted by Gasteiger charge is -2.50. The Bertz CT molecular complexity index is 1330. The van der Waals surface area contributed by atoms with E-state index in [-0.39, 0.29) is 42.1 Å². The molecule has 1 aromatic rings. The van der Waals surface area contributed by atoms with Gasteiger partial charge in [0, 0.05) is 11.5 Å². The van der Waals surface area contributed by atoms with Crippen molar-refractivity contribution >= 4 is 34.8 Å². The predicted octanol–water partition coefficient (Wildman–Crippen LogP) is 0.244. The first kappa shape index (κ1) is 28.3. The van der Waals surface area contributed by atoms with E-state index >= 15 is 0 Å². The van der Waals surface area contributed by atoms with Gasteiger partial charge in [-0.25, -0.2) is 0 Å². The number of benzene rings is 1. The Labute approximate surface area is 225 Å². The van der Waals surface area contributed by atoms with Gasteiger partial charge < -0.3 is 31.5 Å². The van der Waals surface area contributed by atoms with Crippen LogP contribution in [0.1, 0.15) is 31.4 Å². The number of nitrogens with two attached hydrogens (primary N) is 1. The van der Waals surface area contributed by atoms with Crippen molar-refractivity contribution in [1.29, 1.82) is 0 Å². The minimum absolute atomic E-state index is 0.00881. The summed E-state index contributed by atoms with van der Waals surface area (Å²) < 4.78 is 0. The quantitative estimate of drug-likeness (QED) is 0.205. The number of hydrogen-bond donors (Lipinski definition) is 6. The number of amides is 2. The number of likely N-dealkylation sites (N-methyl/N-ethyl adjacent to an activating group) is 2. The second-order valence-electron chi connectivity index (χ2n) is 10.5. The molecule has 12 nitrogen and oxygen atoms in total. The van der Waals surface area contributed by atoms with Crippen molar-refractivity contribution in [3.05, 3.63) is 40.2 Å². The number of primary amides is 1. The maximum absolute atomic E-state index is 13.8. The summed E-state index contributed by atoms with van der Waals surface area (Å²) in [6.07, 6.45) is 0.185. The van der Waals surface area contributed by atoms with E-state index in [1.807, 2.05) is 18.7 Å². The van der Waals surface area contributed by atoms with Crippen LogP contribution in [0.25, 0.3) is 5.76 Å². The van der Waals surface area contributed by atoms with Crippen LogP contribution in [0.3, 0.4) is 0 Å². The number of carbonyl (C=O) groups excluding carboxylic acids is 4. The molecule has 3 aliphatic rings. The van der Waals surface area contributed by atoms with Gasteiger partial charge in [-0.2, -0.15) is 0 Å². The fourth-order valence-electron chi connectivity index (χ4n) is 6.16. The second kappa shape index (κ2) is 10.1. The molecule has 3 aliphatic carbocycles. The number of carbonyl (C=O) groups is 4. The molecule has 4 rings (SSSR count). The number of ketones is 2. The van der Waals surface area contributed by atoms with Crippen LogP contribution in [0.4, 0.5) is 5.69 Å². The molecule has 2 amide bonds. The van der Waals surface area contributed by atoms with Crippen LogP contribution >= 0.6 is 0 Å². The molecule has 0 aromatic heterocycles. The van der Waals surface area contributed by atoms with Crippen molar-refractivity contribution < 1.29 is 39.6 Å². The maximum Gasteiger partial charge on any atom is 0.255 e. The third-order valence-corrected chi connectivity index (χ3v) is 8.13. The van der Waals surface area contributed by atoms with Gasteiger partial charge in [-0.05, 0) is 57.6 Å². The molecule has 0 saturated heterocycles. The average Bonchev–Trinajstić information content (AvgIpc) is 2.86. The van der Waals surface area contributed by atoms with E-state index in [2.05, 4.69) is 5.32 Å². The highest BCUT2D eigenvalue weighted by Gasteiger charge is 2.64. The van der Waals surface area contributed by atoms with Gasteiger partial charge in [0.2, 0.25) is 11.7 Å². The van der Waals surface area contributed by atoms with E-state index in [9.17, 15) is 39.6 Å². The number of anilines is 1. The highest BCUT2D eigenvalue weighted by molar-refractivity contribution is 6.24. The number of nitrogens with zero attached hydrogens (tertiary/aromatic N) is 2. The van der Waals surface area contributed by atoms with Gasteiger partial charge in [0.25, 0.3) is 5.91 Å². The number of rotatable bonds is 7. The molecule has 12 heteroatoms. The Hall–Kier alpha value is -3.74. The summed E-state index contributed by atoms with van der Waals surface area (Å²) in [5, 5.41) is 47.5. The zero-order valence-corrected chi connectivity index (χ0v) is 22.3. The zero-order chi connectivity index (χ0) is 29.0. The Morgan fingerprint density at radius 1 is 1.13 bits per heavy atom. The summed E-state index contributed by atoms with van der Waals surface area (Å²) in [6.45, 7) is 5.22. The molecule has 0 spiro atoms. The van der Waals surface area contributed by atoms with Crippen LogP contribution in [0, 0.1) is 11.8 Å². The van der Waals surface area contributed by atoms with Gasteiger partial charge in [0.1, 0.15) is 22.8 Å². The number of aliphatic hydroxyl groups excluding tert-OH is 2. The Morgan fingerprint density at radius 2 is 1.77 bits per heavy atom. The summed E-state index contributed by atoms with van der Waals surface area (Å²) in [5.41, 5.74) is 1.98. The van der Waals surface area contributed by atoms with E-state index in [1.54, 1.807) is 20.2 Å². The number of hydrogen-bond acceptors (Lipinski definition) is 10. The van der Waals surface area contributed by atoms with Gasteiger partial charge in [0.15, 0.2) is 11.4 Å². The van der Waals surface area contributed by atoms with Gasteiger partial charge in [-0.15, -0.1) is 0 Å². The standard InChI is InChI=1S/C27H34N4O8/c1-5-31(6-2)11-16(32)29-15-8-7-12-9-13-10-14-20(30(3)4)23(35)19(26(28)38)25(37)27(14,39)24(36)18(13)22(34)17(12)21(15)33/h7-8,13-14,20,33-34,37,39H,5-6,9-11H2,1-4H3,(H2,28,38)(H,29,32). The summed E-state index contributed by atoms with van der Waals surface area (Å²) in [5.74, 6) is -7.55. The summed E-state index contributed by atoms with van der Waals surface area (Å²) in [4.78, 5) is 54.9. The lowest BCUT2D eigenvalue weighted by Crippen LogP contribution is -2.65. The van der Waals surface area contributed by atoms with Gasteiger partial charge >= 0.3 is 0 Å². The van der Waals surface area contributed by atoms with E-state index in [4.69, 9.17) is 5.73 Å². The number of phenolic OH excluding ortho intramolecular Hbond substituents is 1. The SMILES string of the molecule is CCN(CC)CC(=O)Nc1ccc2c(c1O)C(O)=C1C(=O)C3(O)C(O)=C(C(N)=O)C(=O)C(N(C)C)C3CC1C2. The molecule has 0 radical (unpaired) electrons. The Morgan fingerprint density at radius 3 is 2.33 bits per heavy atom. The van der Waals surface area contributed by atoms with Crippen molar-refractivity contribution in [2.75, 3.05) is 39.0 Å². The van der Waals surface area contributed by atoms with Crippen LogP contribution < -0.4 is 11.1 Å². The van der Waals surface area contributed by atoms with Crippen LogP contribution in [0.15, 0.2) is 29.0 Å². The van der Waals surface area contributed by atoms with Gasteiger partial charge in [0.05, 0.1) is 23.8 Å². The number of aromatic hydroxyl groups is 1. The number of nitrogens with one attached hydrogen (secondary N) is 1. The first-order valence-electron chi connectivity index (χ1n) is 12.8. The fraction of sp³-hybridized carbons (Fsp3) is 0.481. The first-order valence-corrected chi connectivity index (χ1v) is 12.8. The van der Waals surface area contributed by atoms with Crippen molar-refractivity contribution in [2.45, 2.75) is 38.3 Å². The van der Waals surface area contributed by atoms with E-state index in [0.29, 0.717) is 18.7 Å². The van der Waals surface area contributed by atoms with Crippen molar-refractivity contribution in [2.24, 2.45) is 17.6 Å². The van der Waals surface area contributed by atoms with Crippen LogP contribution in [0.2, 0.25) is 0 Å². The number of fused-ring (bicyclic) bond motifs is 3. The molecular formula is C27H34N4O8. The van der Waals surface area contributed by atoms with Crippen LogP contribution in [-0.2, 0) is 25.6 Å². The third-order valence-electron chi connectivity index (χ3n) is 8.13. The molecule has 0 bridgehead atoms. The molecule has 0 aliphatic heterocycles. The molecule has 4 atom stereocenters. The number of aliphatic hydroxyl groups is 3.